The molecule has 0 aromatic heterocycles. The van der Waals surface area contributed by atoms with Crippen LogP contribution < -0.4 is 4.74 Å². The van der Waals surface area contributed by atoms with Crippen LogP contribution >= 0.6 is 0 Å². The van der Waals surface area contributed by atoms with Gasteiger partial charge in [-0.25, -0.2) is 4.79 Å². The van der Waals surface area contributed by atoms with Crippen molar-refractivity contribution in [2.75, 3.05) is 7.11 Å². The van der Waals surface area contributed by atoms with E-state index in [0.29, 0.717) is 5.75 Å². The second-order valence-corrected chi connectivity index (χ2v) is 3.58. The summed E-state index contributed by atoms with van der Waals surface area (Å²) in [6.07, 6.45) is 0. The van der Waals surface area contributed by atoms with Crippen LogP contribution in [0.5, 0.6) is 5.75 Å². The van der Waals surface area contributed by atoms with E-state index in [-0.39, 0.29) is 5.56 Å². The van der Waals surface area contributed by atoms with Crippen molar-refractivity contribution in [1.29, 1.82) is 0 Å². The van der Waals surface area contributed by atoms with Crippen LogP contribution in [0.1, 0.15) is 18.1 Å². The van der Waals surface area contributed by atoms with Crippen LogP contribution in [0.25, 0.3) is 0 Å². The molecule has 0 amide bonds. The Kier molecular flexibility index (Phi) is 3.00. The number of carboxylic acids is 1. The zero-order valence-electron chi connectivity index (χ0n) is 8.94. The molecule has 1 unspecified atom stereocenters. The molecule has 1 aromatic rings. The fourth-order valence-corrected chi connectivity index (χ4v) is 1.32. The number of hydrogen-bond acceptors (Lipinski definition) is 3. The van der Waals surface area contributed by atoms with Gasteiger partial charge in [-0.2, -0.15) is 0 Å². The van der Waals surface area contributed by atoms with Gasteiger partial charge in [0.2, 0.25) is 0 Å². The molecular weight excluding hydrogens is 196 g/mol. The third-order valence-electron chi connectivity index (χ3n) is 2.30. The van der Waals surface area contributed by atoms with Gasteiger partial charge in [0.25, 0.3) is 0 Å². The monoisotopic (exact) mass is 210 g/mol. The molecule has 0 bridgehead atoms. The first-order valence-corrected chi connectivity index (χ1v) is 4.50. The maximum atomic E-state index is 10.9. The SMILES string of the molecule is COc1ccc(C)cc1C(C)(O)C(=O)O. The van der Waals surface area contributed by atoms with E-state index in [9.17, 15) is 9.90 Å². The van der Waals surface area contributed by atoms with Crippen molar-refractivity contribution in [2.24, 2.45) is 0 Å². The molecule has 82 valence electrons. The van der Waals surface area contributed by atoms with E-state index < -0.39 is 11.6 Å². The van der Waals surface area contributed by atoms with E-state index in [1.165, 1.54) is 14.0 Å². The number of aliphatic hydroxyl groups is 1. The van der Waals surface area contributed by atoms with Gasteiger partial charge in [-0.15, -0.1) is 0 Å². The topological polar surface area (TPSA) is 66.8 Å². The Labute approximate surface area is 88.1 Å². The highest BCUT2D eigenvalue weighted by Crippen LogP contribution is 2.30. The summed E-state index contributed by atoms with van der Waals surface area (Å²) in [7, 11) is 1.44. The summed E-state index contributed by atoms with van der Waals surface area (Å²) in [5, 5.41) is 18.7. The molecule has 1 atom stereocenters. The Bertz CT molecular complexity index is 382. The first kappa shape index (κ1) is 11.5. The van der Waals surface area contributed by atoms with Crippen molar-refractivity contribution < 1.29 is 19.7 Å². The van der Waals surface area contributed by atoms with Crippen LogP contribution in [0.15, 0.2) is 18.2 Å². The van der Waals surface area contributed by atoms with E-state index in [4.69, 9.17) is 9.84 Å². The van der Waals surface area contributed by atoms with E-state index in [2.05, 4.69) is 0 Å². The normalized spacial score (nSPS) is 14.4. The third kappa shape index (κ3) is 2.10. The zero-order valence-corrected chi connectivity index (χ0v) is 8.94. The lowest BCUT2D eigenvalue weighted by atomic mass is 9.94. The van der Waals surface area contributed by atoms with Crippen molar-refractivity contribution >= 4 is 5.97 Å². The van der Waals surface area contributed by atoms with Gasteiger partial charge < -0.3 is 14.9 Å². The Morgan fingerprint density at radius 1 is 1.47 bits per heavy atom. The van der Waals surface area contributed by atoms with Crippen LogP contribution in [0.3, 0.4) is 0 Å². The number of methoxy groups -OCH3 is 1. The Balaban J connectivity index is 3.34. The van der Waals surface area contributed by atoms with Gasteiger partial charge in [0.05, 0.1) is 7.11 Å². The number of carbonyl (C=O) groups is 1. The lowest BCUT2D eigenvalue weighted by molar-refractivity contribution is -0.157. The van der Waals surface area contributed by atoms with Crippen molar-refractivity contribution in [1.82, 2.24) is 0 Å². The molecule has 0 aliphatic heterocycles. The van der Waals surface area contributed by atoms with Crippen molar-refractivity contribution in [3.63, 3.8) is 0 Å². The molecule has 2 N–H and O–H groups in total. The molecule has 0 aliphatic carbocycles. The van der Waals surface area contributed by atoms with Gasteiger partial charge in [-0.1, -0.05) is 11.6 Å². The molecule has 1 aromatic carbocycles. The van der Waals surface area contributed by atoms with Crippen molar-refractivity contribution in [3.05, 3.63) is 29.3 Å². The molecule has 4 nitrogen and oxygen atoms in total. The van der Waals surface area contributed by atoms with E-state index in [1.54, 1.807) is 18.2 Å². The second kappa shape index (κ2) is 3.90. The summed E-state index contributed by atoms with van der Waals surface area (Å²) < 4.78 is 5.01. The minimum Gasteiger partial charge on any atom is -0.496 e. The molecule has 0 heterocycles. The number of aryl methyl sites for hydroxylation is 1. The molecule has 1 rings (SSSR count). The highest BCUT2D eigenvalue weighted by Gasteiger charge is 2.35. The van der Waals surface area contributed by atoms with E-state index >= 15 is 0 Å². The molecule has 0 spiro atoms. The van der Waals surface area contributed by atoms with Gasteiger partial charge >= 0.3 is 5.97 Å². The highest BCUT2D eigenvalue weighted by molar-refractivity contribution is 5.79. The van der Waals surface area contributed by atoms with Crippen LogP contribution in [0.2, 0.25) is 0 Å². The quantitative estimate of drug-likeness (QED) is 0.789. The lowest BCUT2D eigenvalue weighted by Gasteiger charge is -2.21. The molecule has 0 saturated heterocycles. The summed E-state index contributed by atoms with van der Waals surface area (Å²) in [5.74, 6) is -0.931. The largest absolute Gasteiger partial charge is 0.496 e. The maximum absolute atomic E-state index is 10.9. The molecule has 0 saturated carbocycles. The average Bonchev–Trinajstić information content (AvgIpc) is 2.17. The summed E-state index contributed by atoms with van der Waals surface area (Å²) in [6, 6.07) is 5.04. The predicted octanol–water partition coefficient (Wildman–Crippen LogP) is 1.30. The zero-order chi connectivity index (χ0) is 11.6. The first-order chi connectivity index (χ1) is 6.89. The standard InChI is InChI=1S/C11H14O4/c1-7-4-5-9(15-3)8(6-7)11(2,14)10(12)13/h4-6,14H,1-3H3,(H,12,13). The van der Waals surface area contributed by atoms with Gasteiger partial charge in [0, 0.05) is 5.56 Å². The molecule has 0 aliphatic rings. The van der Waals surface area contributed by atoms with Crippen molar-refractivity contribution in [3.8, 4) is 5.75 Å². The number of hydrogen-bond donors (Lipinski definition) is 2. The summed E-state index contributed by atoms with van der Waals surface area (Å²) >= 11 is 0. The minimum atomic E-state index is -1.93. The smallest absolute Gasteiger partial charge is 0.340 e. The Hall–Kier alpha value is -1.55. The summed E-state index contributed by atoms with van der Waals surface area (Å²) in [5.41, 5.74) is -0.804. The molecule has 15 heavy (non-hydrogen) atoms. The average molecular weight is 210 g/mol. The van der Waals surface area contributed by atoms with E-state index in [0.717, 1.165) is 5.56 Å². The van der Waals surface area contributed by atoms with Gasteiger partial charge in [0.15, 0.2) is 5.60 Å². The third-order valence-corrected chi connectivity index (χ3v) is 2.30. The maximum Gasteiger partial charge on any atom is 0.340 e. The molecule has 0 fully saturated rings. The Morgan fingerprint density at radius 2 is 2.07 bits per heavy atom. The molecular formula is C11H14O4. The number of ether oxygens (including phenoxy) is 1. The molecule has 4 heteroatoms. The fourth-order valence-electron chi connectivity index (χ4n) is 1.32. The summed E-state index contributed by atoms with van der Waals surface area (Å²) in [6.45, 7) is 3.05. The highest BCUT2D eigenvalue weighted by atomic mass is 16.5. The number of aliphatic carboxylic acids is 1. The fraction of sp³-hybridized carbons (Fsp3) is 0.364. The van der Waals surface area contributed by atoms with Gasteiger partial charge in [-0.3, -0.25) is 0 Å². The number of carboxylic acid groups (broad SMARTS) is 1. The lowest BCUT2D eigenvalue weighted by Crippen LogP contribution is -2.32. The van der Waals surface area contributed by atoms with Gasteiger partial charge in [-0.05, 0) is 26.0 Å². The van der Waals surface area contributed by atoms with Crippen LogP contribution in [0.4, 0.5) is 0 Å². The van der Waals surface area contributed by atoms with Crippen LogP contribution in [-0.2, 0) is 10.4 Å². The summed E-state index contributed by atoms with van der Waals surface area (Å²) in [4.78, 5) is 10.9. The van der Waals surface area contributed by atoms with Crippen LogP contribution in [0, 0.1) is 6.92 Å². The van der Waals surface area contributed by atoms with Gasteiger partial charge in [0.1, 0.15) is 5.75 Å². The number of rotatable bonds is 3. The van der Waals surface area contributed by atoms with E-state index in [1.807, 2.05) is 6.92 Å². The molecule has 0 radical (unpaired) electrons. The minimum absolute atomic E-state index is 0.262. The second-order valence-electron chi connectivity index (χ2n) is 3.58. The Morgan fingerprint density at radius 3 is 2.53 bits per heavy atom. The van der Waals surface area contributed by atoms with Crippen molar-refractivity contribution in [2.45, 2.75) is 19.4 Å². The predicted molar refractivity (Wildman–Crippen MR) is 54.9 cm³/mol. The van der Waals surface area contributed by atoms with Crippen LogP contribution in [-0.4, -0.2) is 23.3 Å². The number of benzene rings is 1. The first-order valence-electron chi connectivity index (χ1n) is 4.50.